The number of rotatable bonds is 6. The fourth-order valence-electron chi connectivity index (χ4n) is 1.83. The van der Waals surface area contributed by atoms with Gasteiger partial charge in [0.25, 0.3) is 0 Å². The maximum absolute atomic E-state index is 12.1. The predicted molar refractivity (Wildman–Crippen MR) is 79.2 cm³/mol. The number of nitrogens with zero attached hydrogens (tertiary/aromatic N) is 1. The Bertz CT molecular complexity index is 512. The van der Waals surface area contributed by atoms with Crippen LogP contribution in [0.4, 0.5) is 10.5 Å². The van der Waals surface area contributed by atoms with Gasteiger partial charge in [0.15, 0.2) is 0 Å². The van der Waals surface area contributed by atoms with E-state index in [1.807, 2.05) is 6.92 Å². The fourth-order valence-corrected chi connectivity index (χ4v) is 1.83. The quantitative estimate of drug-likeness (QED) is 0.784. The van der Waals surface area contributed by atoms with Gasteiger partial charge in [-0.2, -0.15) is 0 Å². The lowest BCUT2D eigenvalue weighted by Gasteiger charge is -2.21. The lowest BCUT2D eigenvalue weighted by atomic mass is 10.1. The highest BCUT2D eigenvalue weighted by Gasteiger charge is 2.13. The van der Waals surface area contributed by atoms with Gasteiger partial charge in [-0.1, -0.05) is 19.1 Å². The van der Waals surface area contributed by atoms with Gasteiger partial charge in [0.1, 0.15) is 0 Å². The van der Waals surface area contributed by atoms with Crippen molar-refractivity contribution in [3.8, 4) is 0 Å². The van der Waals surface area contributed by atoms with Crippen LogP contribution in [0, 0.1) is 6.92 Å². The van der Waals surface area contributed by atoms with E-state index in [4.69, 9.17) is 5.11 Å². The highest BCUT2D eigenvalue weighted by atomic mass is 16.4. The Labute approximate surface area is 118 Å². The fraction of sp³-hybridized carbons (Fsp3) is 0.333. The van der Waals surface area contributed by atoms with Crippen molar-refractivity contribution in [1.29, 1.82) is 0 Å². The molecule has 5 nitrogen and oxygen atoms in total. The van der Waals surface area contributed by atoms with Crippen molar-refractivity contribution in [2.45, 2.75) is 20.3 Å². The molecule has 0 unspecified atom stereocenters. The number of nitrogens with one attached hydrogen (secondary N) is 1. The van der Waals surface area contributed by atoms with Crippen LogP contribution in [0.25, 0.3) is 0 Å². The molecule has 0 aromatic heterocycles. The Morgan fingerprint density at radius 3 is 2.70 bits per heavy atom. The Morgan fingerprint density at radius 1 is 1.45 bits per heavy atom. The number of urea groups is 1. The predicted octanol–water partition coefficient (Wildman–Crippen LogP) is 3.12. The Hall–Kier alpha value is -2.30. The molecule has 0 heterocycles. The molecule has 0 saturated heterocycles. The minimum atomic E-state index is -1.00. The van der Waals surface area contributed by atoms with Crippen LogP contribution in [0.1, 0.15) is 29.3 Å². The van der Waals surface area contributed by atoms with Crippen LogP contribution < -0.4 is 5.32 Å². The lowest BCUT2D eigenvalue weighted by molar-refractivity contribution is 0.0696. The molecule has 2 N–H and O–H groups in total. The zero-order valence-corrected chi connectivity index (χ0v) is 11.8. The van der Waals surface area contributed by atoms with E-state index < -0.39 is 5.97 Å². The minimum Gasteiger partial charge on any atom is -0.478 e. The van der Waals surface area contributed by atoms with Crippen LogP contribution in [0.5, 0.6) is 0 Å². The summed E-state index contributed by atoms with van der Waals surface area (Å²) in [5.74, 6) is -1.00. The molecule has 0 bridgehead atoms. The summed E-state index contributed by atoms with van der Waals surface area (Å²) in [6.45, 7) is 8.40. The van der Waals surface area contributed by atoms with Gasteiger partial charge in [0.2, 0.25) is 0 Å². The number of anilines is 1. The largest absolute Gasteiger partial charge is 0.478 e. The van der Waals surface area contributed by atoms with E-state index in [0.29, 0.717) is 24.3 Å². The van der Waals surface area contributed by atoms with Crippen LogP contribution in [-0.4, -0.2) is 35.1 Å². The zero-order chi connectivity index (χ0) is 15.1. The number of benzene rings is 1. The summed E-state index contributed by atoms with van der Waals surface area (Å²) >= 11 is 0. The van der Waals surface area contributed by atoms with Gasteiger partial charge < -0.3 is 15.3 Å². The van der Waals surface area contributed by atoms with Gasteiger partial charge in [0, 0.05) is 18.8 Å². The van der Waals surface area contributed by atoms with Crippen LogP contribution in [0.15, 0.2) is 30.9 Å². The highest BCUT2D eigenvalue weighted by molar-refractivity contribution is 5.94. The number of carboxylic acid groups (broad SMARTS) is 1. The van der Waals surface area contributed by atoms with Gasteiger partial charge in [-0.25, -0.2) is 9.59 Å². The van der Waals surface area contributed by atoms with Crippen molar-refractivity contribution in [2.24, 2.45) is 0 Å². The average molecular weight is 276 g/mol. The molecule has 0 fully saturated rings. The van der Waals surface area contributed by atoms with Crippen molar-refractivity contribution in [3.05, 3.63) is 42.0 Å². The van der Waals surface area contributed by atoms with Gasteiger partial charge >= 0.3 is 12.0 Å². The first-order valence-corrected chi connectivity index (χ1v) is 6.50. The molecule has 108 valence electrons. The molecule has 1 aromatic rings. The molecule has 2 amide bonds. The van der Waals surface area contributed by atoms with Crippen molar-refractivity contribution in [3.63, 3.8) is 0 Å². The summed E-state index contributed by atoms with van der Waals surface area (Å²) in [5, 5.41) is 11.8. The van der Waals surface area contributed by atoms with E-state index in [2.05, 4.69) is 11.9 Å². The Morgan fingerprint density at radius 2 is 2.15 bits per heavy atom. The van der Waals surface area contributed by atoms with Crippen LogP contribution in [0.3, 0.4) is 0 Å². The molecule has 0 atom stereocenters. The molecule has 1 rings (SSSR count). The van der Waals surface area contributed by atoms with Crippen LogP contribution in [-0.2, 0) is 0 Å². The summed E-state index contributed by atoms with van der Waals surface area (Å²) in [6, 6.07) is 4.58. The SMILES string of the molecule is C=CCN(CCC)C(=O)Nc1ccc(C)c(C(=O)O)c1. The van der Waals surface area contributed by atoms with Crippen molar-refractivity contribution >= 4 is 17.7 Å². The third kappa shape index (κ3) is 4.12. The van der Waals surface area contributed by atoms with E-state index in [-0.39, 0.29) is 11.6 Å². The number of hydrogen-bond acceptors (Lipinski definition) is 2. The van der Waals surface area contributed by atoms with E-state index >= 15 is 0 Å². The summed E-state index contributed by atoms with van der Waals surface area (Å²) < 4.78 is 0. The number of amides is 2. The molecule has 0 aliphatic carbocycles. The van der Waals surface area contributed by atoms with Crippen LogP contribution in [0.2, 0.25) is 0 Å². The number of carbonyl (C=O) groups is 2. The average Bonchev–Trinajstić information content (AvgIpc) is 2.40. The molecule has 0 spiro atoms. The monoisotopic (exact) mass is 276 g/mol. The number of carbonyl (C=O) groups excluding carboxylic acids is 1. The smallest absolute Gasteiger partial charge is 0.336 e. The number of hydrogen-bond donors (Lipinski definition) is 2. The first kappa shape index (κ1) is 15.8. The van der Waals surface area contributed by atoms with Gasteiger partial charge in [-0.05, 0) is 31.0 Å². The Kier molecular flexibility index (Phi) is 5.77. The second-order valence-electron chi connectivity index (χ2n) is 4.50. The molecular formula is C15H20N2O3. The van der Waals surface area contributed by atoms with E-state index in [1.165, 1.54) is 6.07 Å². The number of aromatic carboxylic acids is 1. The standard InChI is InChI=1S/C15H20N2O3/c1-4-8-17(9-5-2)15(20)16-12-7-6-11(3)13(10-12)14(18)19/h4,6-7,10H,1,5,8-9H2,2-3H3,(H,16,20)(H,18,19). The molecular weight excluding hydrogens is 256 g/mol. The lowest BCUT2D eigenvalue weighted by Crippen LogP contribution is -2.35. The van der Waals surface area contributed by atoms with Crippen molar-refractivity contribution < 1.29 is 14.7 Å². The van der Waals surface area contributed by atoms with Gasteiger partial charge in [0.05, 0.1) is 5.56 Å². The zero-order valence-electron chi connectivity index (χ0n) is 11.8. The summed E-state index contributed by atoms with van der Waals surface area (Å²) in [6.07, 6.45) is 2.50. The molecule has 0 radical (unpaired) electrons. The van der Waals surface area contributed by atoms with Crippen LogP contribution >= 0.6 is 0 Å². The summed E-state index contributed by atoms with van der Waals surface area (Å²) in [4.78, 5) is 24.8. The molecule has 1 aromatic carbocycles. The van der Waals surface area contributed by atoms with Gasteiger partial charge in [-0.3, -0.25) is 0 Å². The first-order chi connectivity index (χ1) is 9.49. The summed E-state index contributed by atoms with van der Waals surface area (Å²) in [7, 11) is 0. The summed E-state index contributed by atoms with van der Waals surface area (Å²) in [5.41, 5.74) is 1.32. The third-order valence-electron chi connectivity index (χ3n) is 2.85. The van der Waals surface area contributed by atoms with E-state index in [9.17, 15) is 9.59 Å². The second kappa shape index (κ2) is 7.33. The minimum absolute atomic E-state index is 0.188. The number of aryl methyl sites for hydroxylation is 1. The normalized spacial score (nSPS) is 9.90. The maximum Gasteiger partial charge on any atom is 0.336 e. The highest BCUT2D eigenvalue weighted by Crippen LogP contribution is 2.16. The molecule has 5 heteroatoms. The molecule has 0 aliphatic heterocycles. The van der Waals surface area contributed by atoms with E-state index in [0.717, 1.165) is 6.42 Å². The topological polar surface area (TPSA) is 69.6 Å². The first-order valence-electron chi connectivity index (χ1n) is 6.50. The molecule has 0 aliphatic rings. The molecule has 20 heavy (non-hydrogen) atoms. The van der Waals surface area contributed by atoms with Crippen molar-refractivity contribution in [1.82, 2.24) is 4.90 Å². The van der Waals surface area contributed by atoms with E-state index in [1.54, 1.807) is 30.0 Å². The number of carboxylic acids is 1. The Balaban J connectivity index is 2.86. The second-order valence-corrected chi connectivity index (χ2v) is 4.50. The van der Waals surface area contributed by atoms with Crippen molar-refractivity contribution in [2.75, 3.05) is 18.4 Å². The maximum atomic E-state index is 12.1. The third-order valence-corrected chi connectivity index (χ3v) is 2.85. The van der Waals surface area contributed by atoms with Gasteiger partial charge in [-0.15, -0.1) is 6.58 Å². The molecule has 0 saturated carbocycles.